The van der Waals surface area contributed by atoms with Crippen molar-refractivity contribution in [3.05, 3.63) is 47.3 Å². The van der Waals surface area contributed by atoms with E-state index in [0.29, 0.717) is 13.1 Å². The topological polar surface area (TPSA) is 71.2 Å². The molecule has 0 saturated heterocycles. The van der Waals surface area contributed by atoms with Crippen LogP contribution in [0, 0.1) is 5.82 Å². The van der Waals surface area contributed by atoms with Gasteiger partial charge in [-0.1, -0.05) is 6.07 Å². The van der Waals surface area contributed by atoms with Crippen molar-refractivity contribution in [1.29, 1.82) is 0 Å². The Bertz CT molecular complexity index is 656. The predicted molar refractivity (Wildman–Crippen MR) is 67.5 cm³/mol. The van der Waals surface area contributed by atoms with E-state index in [4.69, 9.17) is 5.11 Å². The maximum absolute atomic E-state index is 13.3. The van der Waals surface area contributed by atoms with E-state index in [1.54, 1.807) is 12.4 Å². The average Bonchev–Trinajstić information content (AvgIpc) is 2.88. The molecule has 0 saturated carbocycles. The van der Waals surface area contributed by atoms with Crippen molar-refractivity contribution in [3.63, 3.8) is 0 Å². The molecule has 0 atom stereocenters. The summed E-state index contributed by atoms with van der Waals surface area (Å²) in [6.45, 7) is 2.84. The van der Waals surface area contributed by atoms with Gasteiger partial charge in [-0.15, -0.1) is 10.2 Å². The van der Waals surface area contributed by atoms with Crippen LogP contribution in [0.25, 0.3) is 0 Å². The van der Waals surface area contributed by atoms with E-state index in [1.165, 1.54) is 12.1 Å². The van der Waals surface area contributed by atoms with Crippen molar-refractivity contribution < 1.29 is 14.3 Å². The van der Waals surface area contributed by atoms with Crippen molar-refractivity contribution in [2.45, 2.75) is 19.6 Å². The molecule has 6 nitrogen and oxygen atoms in total. The fourth-order valence-electron chi connectivity index (χ4n) is 2.34. The fourth-order valence-corrected chi connectivity index (χ4v) is 2.34. The van der Waals surface area contributed by atoms with Crippen LogP contribution >= 0.6 is 0 Å². The summed E-state index contributed by atoms with van der Waals surface area (Å²) in [7, 11) is 0. The molecule has 1 aliphatic heterocycles. The van der Waals surface area contributed by atoms with E-state index < -0.39 is 11.8 Å². The van der Waals surface area contributed by atoms with Crippen molar-refractivity contribution in [3.8, 4) is 0 Å². The highest BCUT2D eigenvalue weighted by Gasteiger charge is 2.18. The van der Waals surface area contributed by atoms with E-state index in [-0.39, 0.29) is 5.56 Å². The monoisotopic (exact) mass is 276 g/mol. The number of benzene rings is 1. The van der Waals surface area contributed by atoms with Gasteiger partial charge in [-0.25, -0.2) is 9.18 Å². The quantitative estimate of drug-likeness (QED) is 0.910. The number of aromatic carboxylic acids is 1. The maximum Gasteiger partial charge on any atom is 0.338 e. The number of aromatic nitrogens is 3. The van der Waals surface area contributed by atoms with Gasteiger partial charge in [-0.3, -0.25) is 4.90 Å². The lowest BCUT2D eigenvalue weighted by molar-refractivity contribution is 0.0691. The van der Waals surface area contributed by atoms with Gasteiger partial charge in [0.1, 0.15) is 18.0 Å². The highest BCUT2D eigenvalue weighted by atomic mass is 19.1. The molecule has 1 aromatic heterocycles. The van der Waals surface area contributed by atoms with Gasteiger partial charge in [0.05, 0.1) is 12.1 Å². The molecule has 0 radical (unpaired) electrons. The summed E-state index contributed by atoms with van der Waals surface area (Å²) < 4.78 is 15.3. The molecule has 1 aliphatic rings. The van der Waals surface area contributed by atoms with Crippen LogP contribution in [0.15, 0.2) is 24.5 Å². The van der Waals surface area contributed by atoms with Crippen LogP contribution in [-0.4, -0.2) is 37.3 Å². The van der Waals surface area contributed by atoms with Crippen molar-refractivity contribution in [2.75, 3.05) is 6.54 Å². The molecule has 0 unspecified atom stereocenters. The minimum atomic E-state index is -1.25. The Morgan fingerprint density at radius 2 is 2.25 bits per heavy atom. The van der Waals surface area contributed by atoms with E-state index in [1.807, 2.05) is 4.57 Å². The molecule has 1 N–H and O–H groups in total. The Kier molecular flexibility index (Phi) is 3.19. The van der Waals surface area contributed by atoms with Crippen LogP contribution in [0.5, 0.6) is 0 Å². The Morgan fingerprint density at radius 3 is 3.05 bits per heavy atom. The average molecular weight is 276 g/mol. The lowest BCUT2D eigenvalue weighted by Gasteiger charge is -2.26. The van der Waals surface area contributed by atoms with Crippen molar-refractivity contribution in [2.24, 2.45) is 0 Å². The van der Waals surface area contributed by atoms with Gasteiger partial charge in [0.2, 0.25) is 0 Å². The normalized spacial score (nSPS) is 15.1. The standard InChI is InChI=1S/C13H13FN4O2/c14-11-2-1-9(5-10(11)13(19)20)6-17-3-4-18-8-15-16-12(18)7-17/h1-2,5,8H,3-4,6-7H2,(H,19,20). The zero-order valence-corrected chi connectivity index (χ0v) is 10.7. The van der Waals surface area contributed by atoms with Crippen LogP contribution in [0.1, 0.15) is 21.7 Å². The zero-order valence-electron chi connectivity index (χ0n) is 10.7. The molecule has 2 aromatic rings. The number of carboxylic acids is 1. The molecule has 0 bridgehead atoms. The number of hydrogen-bond donors (Lipinski definition) is 1. The van der Waals surface area contributed by atoms with Gasteiger partial charge in [0, 0.05) is 19.6 Å². The second kappa shape index (κ2) is 5.01. The van der Waals surface area contributed by atoms with Gasteiger partial charge >= 0.3 is 5.97 Å². The second-order valence-corrected chi connectivity index (χ2v) is 4.77. The molecule has 0 aliphatic carbocycles. The number of halogens is 1. The molecular formula is C13H13FN4O2. The van der Waals surface area contributed by atoms with Gasteiger partial charge < -0.3 is 9.67 Å². The maximum atomic E-state index is 13.3. The Balaban J connectivity index is 1.76. The van der Waals surface area contributed by atoms with Crippen LogP contribution in [-0.2, 0) is 19.6 Å². The van der Waals surface area contributed by atoms with Gasteiger partial charge in [-0.2, -0.15) is 0 Å². The molecule has 0 spiro atoms. The molecule has 20 heavy (non-hydrogen) atoms. The first-order valence-corrected chi connectivity index (χ1v) is 6.24. The van der Waals surface area contributed by atoms with E-state index in [0.717, 1.165) is 24.5 Å². The lowest BCUT2D eigenvalue weighted by atomic mass is 10.1. The van der Waals surface area contributed by atoms with E-state index in [2.05, 4.69) is 15.1 Å². The smallest absolute Gasteiger partial charge is 0.338 e. The Labute approximate surface area is 114 Å². The molecule has 104 valence electrons. The number of nitrogens with zero attached hydrogens (tertiary/aromatic N) is 4. The number of fused-ring (bicyclic) bond motifs is 1. The largest absolute Gasteiger partial charge is 0.478 e. The summed E-state index contributed by atoms with van der Waals surface area (Å²) in [5, 5.41) is 16.8. The molecule has 2 heterocycles. The zero-order chi connectivity index (χ0) is 14.1. The van der Waals surface area contributed by atoms with Gasteiger partial charge in [0.25, 0.3) is 0 Å². The number of carbonyl (C=O) groups is 1. The van der Waals surface area contributed by atoms with Crippen LogP contribution in [0.2, 0.25) is 0 Å². The molecule has 3 rings (SSSR count). The summed E-state index contributed by atoms with van der Waals surface area (Å²) in [6, 6.07) is 4.20. The Hall–Kier alpha value is -2.28. The summed E-state index contributed by atoms with van der Waals surface area (Å²) in [4.78, 5) is 13.0. The second-order valence-electron chi connectivity index (χ2n) is 4.77. The molecule has 1 aromatic carbocycles. The highest BCUT2D eigenvalue weighted by Crippen LogP contribution is 2.16. The minimum absolute atomic E-state index is 0.289. The summed E-state index contributed by atoms with van der Waals surface area (Å²) in [6.07, 6.45) is 1.70. The van der Waals surface area contributed by atoms with Crippen LogP contribution < -0.4 is 0 Å². The SMILES string of the molecule is O=C(O)c1cc(CN2CCn3cnnc3C2)ccc1F. The highest BCUT2D eigenvalue weighted by molar-refractivity contribution is 5.88. The third-order valence-corrected chi connectivity index (χ3v) is 3.39. The van der Waals surface area contributed by atoms with E-state index >= 15 is 0 Å². The summed E-state index contributed by atoms with van der Waals surface area (Å²) in [5.41, 5.74) is 0.486. The summed E-state index contributed by atoms with van der Waals surface area (Å²) >= 11 is 0. The minimum Gasteiger partial charge on any atom is -0.478 e. The van der Waals surface area contributed by atoms with Crippen LogP contribution in [0.3, 0.4) is 0 Å². The first kappa shape index (κ1) is 12.7. The Morgan fingerprint density at radius 1 is 1.40 bits per heavy atom. The molecule has 0 amide bonds. The van der Waals surface area contributed by atoms with Crippen molar-refractivity contribution >= 4 is 5.97 Å². The summed E-state index contributed by atoms with van der Waals surface area (Å²) in [5.74, 6) is -1.07. The first-order chi connectivity index (χ1) is 9.63. The third kappa shape index (κ3) is 2.39. The first-order valence-electron chi connectivity index (χ1n) is 6.24. The fraction of sp³-hybridized carbons (Fsp3) is 0.308. The molecule has 7 heteroatoms. The number of carboxylic acid groups (broad SMARTS) is 1. The number of hydrogen-bond acceptors (Lipinski definition) is 4. The lowest BCUT2D eigenvalue weighted by Crippen LogP contribution is -2.33. The predicted octanol–water partition coefficient (Wildman–Crippen LogP) is 1.13. The molecule has 0 fully saturated rings. The van der Waals surface area contributed by atoms with Gasteiger partial charge in [-0.05, 0) is 17.7 Å². The van der Waals surface area contributed by atoms with Crippen LogP contribution in [0.4, 0.5) is 4.39 Å². The third-order valence-electron chi connectivity index (χ3n) is 3.39. The number of rotatable bonds is 3. The van der Waals surface area contributed by atoms with E-state index in [9.17, 15) is 9.18 Å². The van der Waals surface area contributed by atoms with Crippen molar-refractivity contribution in [1.82, 2.24) is 19.7 Å². The van der Waals surface area contributed by atoms with Gasteiger partial charge in [0.15, 0.2) is 0 Å². The molecular weight excluding hydrogens is 263 g/mol.